The van der Waals surface area contributed by atoms with Gasteiger partial charge in [0.1, 0.15) is 5.75 Å². The van der Waals surface area contributed by atoms with E-state index in [0.717, 1.165) is 23.1 Å². The number of allylic oxidation sites excluding steroid dienone is 3. The maximum atomic E-state index is 14.4. The minimum atomic E-state index is -0.777. The molecule has 3 aliphatic rings. The topological polar surface area (TPSA) is 46.6 Å². The number of ether oxygens (including phenoxy) is 1. The summed E-state index contributed by atoms with van der Waals surface area (Å²) in [5.74, 6) is 0.406. The van der Waals surface area contributed by atoms with E-state index < -0.39 is 10.8 Å². The van der Waals surface area contributed by atoms with E-state index in [2.05, 4.69) is 36.4 Å². The van der Waals surface area contributed by atoms with Gasteiger partial charge in [0.2, 0.25) is 11.8 Å². The summed E-state index contributed by atoms with van der Waals surface area (Å²) in [5.41, 5.74) is 3.60. The van der Waals surface area contributed by atoms with Crippen molar-refractivity contribution in [3.05, 3.63) is 114 Å². The zero-order valence-electron chi connectivity index (χ0n) is 21.2. The molecule has 0 bridgehead atoms. The minimum absolute atomic E-state index is 0.0927. The van der Waals surface area contributed by atoms with Crippen molar-refractivity contribution in [2.24, 2.45) is 10.8 Å². The molecule has 4 heteroatoms. The van der Waals surface area contributed by atoms with Gasteiger partial charge in [0.15, 0.2) is 0 Å². The Balaban J connectivity index is 1.50. The van der Waals surface area contributed by atoms with Crippen molar-refractivity contribution in [1.29, 1.82) is 0 Å². The highest BCUT2D eigenvalue weighted by Crippen LogP contribution is 2.67. The lowest BCUT2D eigenvalue weighted by Crippen LogP contribution is -2.41. The molecule has 4 nitrogen and oxygen atoms in total. The second kappa shape index (κ2) is 9.19. The van der Waals surface area contributed by atoms with Crippen molar-refractivity contribution in [1.82, 2.24) is 0 Å². The number of rotatable bonds is 6. The molecule has 6 rings (SSSR count). The van der Waals surface area contributed by atoms with E-state index in [1.165, 1.54) is 10.5 Å². The fourth-order valence-electron chi connectivity index (χ4n) is 6.65. The number of anilines is 1. The van der Waals surface area contributed by atoms with Gasteiger partial charge in [-0.1, -0.05) is 97.4 Å². The lowest BCUT2D eigenvalue weighted by atomic mass is 9.61. The monoisotopic (exact) mass is 489 g/mol. The van der Waals surface area contributed by atoms with Crippen molar-refractivity contribution in [2.45, 2.75) is 39.0 Å². The molecule has 2 unspecified atom stereocenters. The zero-order valence-corrected chi connectivity index (χ0v) is 21.2. The fourth-order valence-corrected chi connectivity index (χ4v) is 6.65. The second-order valence-corrected chi connectivity index (χ2v) is 10.4. The average molecular weight is 490 g/mol. The van der Waals surface area contributed by atoms with E-state index in [-0.39, 0.29) is 11.8 Å². The summed E-state index contributed by atoms with van der Waals surface area (Å²) in [5, 5.41) is 0. The molecule has 2 amide bonds. The van der Waals surface area contributed by atoms with Crippen molar-refractivity contribution in [2.75, 3.05) is 11.5 Å². The van der Waals surface area contributed by atoms with Crippen molar-refractivity contribution in [3.8, 4) is 5.75 Å². The Labute approximate surface area is 218 Å². The summed E-state index contributed by atoms with van der Waals surface area (Å²) in [4.78, 5) is 30.3. The van der Waals surface area contributed by atoms with Gasteiger partial charge < -0.3 is 4.74 Å². The van der Waals surface area contributed by atoms with Crippen molar-refractivity contribution < 1.29 is 14.3 Å². The first kappa shape index (κ1) is 23.5. The van der Waals surface area contributed by atoms with Crippen LogP contribution in [0, 0.1) is 10.8 Å². The fraction of sp³-hybridized carbons (Fsp3) is 0.273. The molecule has 2 aliphatic carbocycles. The lowest BCUT2D eigenvalue weighted by Gasteiger charge is -2.36. The molecule has 3 aromatic carbocycles. The first-order chi connectivity index (χ1) is 18.1. The molecule has 0 radical (unpaired) electrons. The molecule has 0 spiro atoms. The standard InChI is InChI=1S/C33H31NO3/c1-2-21-37-28-18-10-9-17-27(28)34-30(35)32-19-11-12-20-33(32,31(34)36)23-26(22-32)29(24-13-5-3-6-14-24)25-15-7-4-8-16-25/h3-18H,2,19-23H2,1H3. The number of hydrogen-bond acceptors (Lipinski definition) is 3. The molecule has 1 saturated carbocycles. The van der Waals surface area contributed by atoms with Crippen LogP contribution in [-0.2, 0) is 9.59 Å². The van der Waals surface area contributed by atoms with E-state index in [1.54, 1.807) is 0 Å². The maximum Gasteiger partial charge on any atom is 0.241 e. The summed E-state index contributed by atoms with van der Waals surface area (Å²) in [6, 6.07) is 28.2. The molecule has 0 aromatic heterocycles. The molecule has 0 N–H and O–H groups in total. The van der Waals surface area contributed by atoms with Crippen LogP contribution in [0.25, 0.3) is 5.57 Å². The predicted molar refractivity (Wildman–Crippen MR) is 146 cm³/mol. The van der Waals surface area contributed by atoms with Gasteiger partial charge in [-0.15, -0.1) is 0 Å². The van der Waals surface area contributed by atoms with Gasteiger partial charge >= 0.3 is 0 Å². The molecule has 1 saturated heterocycles. The van der Waals surface area contributed by atoms with Gasteiger partial charge in [-0.05, 0) is 60.9 Å². The normalized spacial score (nSPS) is 24.2. The summed E-state index contributed by atoms with van der Waals surface area (Å²) in [7, 11) is 0. The Morgan fingerprint density at radius 2 is 1.27 bits per heavy atom. The van der Waals surface area contributed by atoms with E-state index in [0.29, 0.717) is 43.7 Å². The smallest absolute Gasteiger partial charge is 0.241 e. The van der Waals surface area contributed by atoms with Gasteiger partial charge in [0, 0.05) is 0 Å². The van der Waals surface area contributed by atoms with E-state index in [1.807, 2.05) is 67.6 Å². The van der Waals surface area contributed by atoms with E-state index in [4.69, 9.17) is 4.74 Å². The molecule has 2 fully saturated rings. The van der Waals surface area contributed by atoms with Gasteiger partial charge in [0.05, 0.1) is 23.1 Å². The van der Waals surface area contributed by atoms with Crippen LogP contribution in [-0.4, -0.2) is 18.4 Å². The predicted octanol–water partition coefficient (Wildman–Crippen LogP) is 6.97. The number of amides is 2. The summed E-state index contributed by atoms with van der Waals surface area (Å²) >= 11 is 0. The number of benzene rings is 3. The molecule has 1 aliphatic heterocycles. The lowest BCUT2D eigenvalue weighted by molar-refractivity contribution is -0.132. The maximum absolute atomic E-state index is 14.4. The highest BCUT2D eigenvalue weighted by molar-refractivity contribution is 6.27. The van der Waals surface area contributed by atoms with Crippen LogP contribution in [0.4, 0.5) is 5.69 Å². The van der Waals surface area contributed by atoms with Crippen LogP contribution in [0.15, 0.2) is 103 Å². The minimum Gasteiger partial charge on any atom is -0.491 e. The van der Waals surface area contributed by atoms with E-state index >= 15 is 0 Å². The third-order valence-electron chi connectivity index (χ3n) is 8.32. The average Bonchev–Trinajstić information content (AvgIpc) is 3.38. The summed E-state index contributed by atoms with van der Waals surface area (Å²) in [6.07, 6.45) is 7.36. The van der Waals surface area contributed by atoms with Gasteiger partial charge in [-0.25, -0.2) is 4.90 Å². The second-order valence-electron chi connectivity index (χ2n) is 10.4. The third-order valence-corrected chi connectivity index (χ3v) is 8.32. The van der Waals surface area contributed by atoms with Gasteiger partial charge in [0.25, 0.3) is 0 Å². The summed E-state index contributed by atoms with van der Waals surface area (Å²) < 4.78 is 5.97. The van der Waals surface area contributed by atoms with Crippen LogP contribution in [0.2, 0.25) is 0 Å². The molecule has 37 heavy (non-hydrogen) atoms. The molecule has 186 valence electrons. The Morgan fingerprint density at radius 3 is 1.81 bits per heavy atom. The van der Waals surface area contributed by atoms with Crippen LogP contribution >= 0.6 is 0 Å². The molecule has 3 aromatic rings. The van der Waals surface area contributed by atoms with Gasteiger partial charge in [-0.2, -0.15) is 0 Å². The first-order valence-corrected chi connectivity index (χ1v) is 13.2. The molecular formula is C33H31NO3. The van der Waals surface area contributed by atoms with Crippen LogP contribution < -0.4 is 9.64 Å². The Kier molecular flexibility index (Phi) is 5.83. The van der Waals surface area contributed by atoms with Crippen molar-refractivity contribution >= 4 is 23.1 Å². The third kappa shape index (κ3) is 3.50. The number of imide groups is 1. The zero-order chi connectivity index (χ0) is 25.5. The number of hydrogen-bond donors (Lipinski definition) is 0. The number of nitrogens with zero attached hydrogens (tertiary/aromatic N) is 1. The van der Waals surface area contributed by atoms with Gasteiger partial charge in [-0.3, -0.25) is 9.59 Å². The Hall–Kier alpha value is -3.92. The Bertz CT molecular complexity index is 1330. The number of para-hydroxylation sites is 2. The van der Waals surface area contributed by atoms with Crippen molar-refractivity contribution in [3.63, 3.8) is 0 Å². The Morgan fingerprint density at radius 1 is 0.757 bits per heavy atom. The highest BCUT2D eigenvalue weighted by Gasteiger charge is 2.72. The number of carbonyl (C=O) groups is 2. The largest absolute Gasteiger partial charge is 0.491 e. The molecule has 2 atom stereocenters. The summed E-state index contributed by atoms with van der Waals surface area (Å²) in [6.45, 7) is 2.58. The SMILES string of the molecule is CCCOc1ccccc1N1C(=O)C23CC=CCC2(CC(=C(c2ccccc2)c2ccccc2)C3)C1=O. The molecular weight excluding hydrogens is 458 g/mol. The van der Waals surface area contributed by atoms with E-state index in [9.17, 15) is 9.59 Å². The molecule has 1 heterocycles. The number of carbonyl (C=O) groups excluding carboxylic acids is 2. The quantitative estimate of drug-likeness (QED) is 0.278. The van der Waals surface area contributed by atoms with Crippen LogP contribution in [0.1, 0.15) is 50.2 Å². The first-order valence-electron chi connectivity index (χ1n) is 13.2. The highest BCUT2D eigenvalue weighted by atomic mass is 16.5. The van der Waals surface area contributed by atoms with Crippen LogP contribution in [0.3, 0.4) is 0 Å². The van der Waals surface area contributed by atoms with Crippen LogP contribution in [0.5, 0.6) is 5.75 Å².